The second kappa shape index (κ2) is 7.25. The smallest absolute Gasteiger partial charge is 0.147 e. The van der Waals surface area contributed by atoms with Crippen molar-refractivity contribution in [2.45, 2.75) is 58.8 Å². The molecule has 0 nitrogen and oxygen atoms in total. The van der Waals surface area contributed by atoms with Gasteiger partial charge in [-0.15, -0.1) is 24.8 Å². The van der Waals surface area contributed by atoms with Crippen LogP contribution in [0.1, 0.15) is 63.8 Å². The molecule has 1 aliphatic rings. The summed E-state index contributed by atoms with van der Waals surface area (Å²) < 4.78 is 1.62. The quantitative estimate of drug-likeness (QED) is 0.320. The molecule has 129 valence electrons. The zero-order valence-electron chi connectivity index (χ0n) is 15.4. The first kappa shape index (κ1) is 21.9. The molecule has 0 saturated heterocycles. The topological polar surface area (TPSA) is 0 Å². The molecule has 24 heavy (non-hydrogen) atoms. The molecule has 2 aromatic carbocycles. The molecule has 2 aromatic rings. The van der Waals surface area contributed by atoms with Gasteiger partial charge in [-0.25, -0.2) is 0 Å². The van der Waals surface area contributed by atoms with Gasteiger partial charge < -0.3 is 0 Å². The van der Waals surface area contributed by atoms with E-state index < -0.39 is 0 Å². The summed E-state index contributed by atoms with van der Waals surface area (Å²) in [5.41, 5.74) is 9.52. The maximum atomic E-state index is 2.44. The van der Waals surface area contributed by atoms with Gasteiger partial charge in [0.15, 0.2) is 0 Å². The molecule has 0 fully saturated rings. The zero-order chi connectivity index (χ0) is 16.3. The van der Waals surface area contributed by atoms with E-state index >= 15 is 0 Å². The number of hydrogen-bond acceptors (Lipinski definition) is 0. The minimum atomic E-state index is 0. The normalized spacial score (nSPS) is 12.7. The van der Waals surface area contributed by atoms with E-state index in [1.807, 2.05) is 0 Å². The van der Waals surface area contributed by atoms with Gasteiger partial charge in [0.25, 0.3) is 0 Å². The van der Waals surface area contributed by atoms with Crippen LogP contribution in [0.15, 0.2) is 30.3 Å². The van der Waals surface area contributed by atoms with Crippen molar-refractivity contribution < 1.29 is 24.4 Å². The van der Waals surface area contributed by atoms with Crippen molar-refractivity contribution in [3.8, 4) is 11.1 Å². The molecule has 1 aliphatic carbocycles. The largest absolute Gasteiger partial charge is 0.147 e. The summed E-state index contributed by atoms with van der Waals surface area (Å²) in [5.74, 6) is 0. The van der Waals surface area contributed by atoms with Gasteiger partial charge in [0, 0.05) is 0 Å². The summed E-state index contributed by atoms with van der Waals surface area (Å²) in [6, 6.07) is 11.8. The van der Waals surface area contributed by atoms with Gasteiger partial charge >= 0.3 is 150 Å². The number of hydrogen-bond donors (Lipinski definition) is 0. The maximum Gasteiger partial charge on any atom is -0.147 e. The molecule has 0 spiro atoms. The third-order valence-corrected chi connectivity index (χ3v) is 6.80. The Morgan fingerprint density at radius 2 is 1.38 bits per heavy atom. The third-order valence-electron chi connectivity index (χ3n) is 4.75. The maximum absolute atomic E-state index is 2.44. The molecule has 0 bridgehead atoms. The minimum absolute atomic E-state index is 0. The van der Waals surface area contributed by atoms with E-state index in [2.05, 4.69) is 71.9 Å². The van der Waals surface area contributed by atoms with Crippen LogP contribution in [0.5, 0.6) is 0 Å². The number of halogens is 2. The Hall–Kier alpha value is -0.110. The van der Waals surface area contributed by atoms with Crippen molar-refractivity contribution in [3.63, 3.8) is 0 Å². The molecular formula is C21H27Cl2Hf. The molecular weight excluding hydrogens is 502 g/mol. The Morgan fingerprint density at radius 1 is 0.792 bits per heavy atom. The van der Waals surface area contributed by atoms with Crippen molar-refractivity contribution >= 4 is 28.1 Å². The van der Waals surface area contributed by atoms with Gasteiger partial charge in [-0.1, -0.05) is 0 Å². The molecule has 0 heterocycles. The zero-order valence-corrected chi connectivity index (χ0v) is 20.6. The molecule has 0 aromatic heterocycles. The van der Waals surface area contributed by atoms with Crippen LogP contribution in [0.2, 0.25) is 0 Å². The van der Waals surface area contributed by atoms with Crippen LogP contribution in [0.4, 0.5) is 0 Å². The average molecular weight is 529 g/mol. The van der Waals surface area contributed by atoms with Gasteiger partial charge in [0.05, 0.1) is 0 Å². The van der Waals surface area contributed by atoms with Gasteiger partial charge in [-0.05, 0) is 0 Å². The van der Waals surface area contributed by atoms with Crippen LogP contribution in [0.3, 0.4) is 0 Å². The summed E-state index contributed by atoms with van der Waals surface area (Å²) in [6.07, 6.45) is 1.12. The first-order valence-corrected chi connectivity index (χ1v) is 9.90. The number of benzene rings is 2. The molecule has 0 saturated carbocycles. The predicted molar refractivity (Wildman–Crippen MR) is 106 cm³/mol. The van der Waals surface area contributed by atoms with Gasteiger partial charge in [0.2, 0.25) is 0 Å². The van der Waals surface area contributed by atoms with E-state index in [0.717, 1.165) is 30.8 Å². The van der Waals surface area contributed by atoms with Crippen molar-refractivity contribution in [3.05, 3.63) is 52.6 Å². The molecule has 0 aliphatic heterocycles. The SMILES string of the molecule is CC(C)(C)c1ccc2c(c1)Cc1c-2ccc(C(C)(C)C)[c]1[Hf].Cl.Cl. The van der Waals surface area contributed by atoms with E-state index in [9.17, 15) is 0 Å². The van der Waals surface area contributed by atoms with Crippen LogP contribution in [0.25, 0.3) is 11.1 Å². The van der Waals surface area contributed by atoms with E-state index in [4.69, 9.17) is 0 Å². The number of fused-ring (bicyclic) bond motifs is 3. The first-order valence-electron chi connectivity index (χ1n) is 8.11. The Bertz CT molecular complexity index is 750. The summed E-state index contributed by atoms with van der Waals surface area (Å²) in [4.78, 5) is 0. The summed E-state index contributed by atoms with van der Waals surface area (Å²) in [5, 5.41) is 0. The summed E-state index contributed by atoms with van der Waals surface area (Å²) >= 11 is 1.13. The molecule has 3 rings (SSSR count). The van der Waals surface area contributed by atoms with Gasteiger partial charge in [-0.3, -0.25) is 0 Å². The Kier molecular flexibility index (Phi) is 6.63. The van der Waals surface area contributed by atoms with E-state index in [1.165, 1.54) is 22.3 Å². The fourth-order valence-electron chi connectivity index (χ4n) is 3.37. The molecule has 0 N–H and O–H groups in total. The van der Waals surface area contributed by atoms with Crippen molar-refractivity contribution in [2.75, 3.05) is 0 Å². The average Bonchev–Trinajstić information content (AvgIpc) is 2.75. The van der Waals surface area contributed by atoms with E-state index in [-0.39, 0.29) is 35.6 Å². The Morgan fingerprint density at radius 3 is 1.92 bits per heavy atom. The Balaban J connectivity index is 0.00000144. The van der Waals surface area contributed by atoms with E-state index in [1.54, 1.807) is 14.4 Å². The third kappa shape index (κ3) is 3.84. The molecule has 0 unspecified atom stereocenters. The second-order valence-corrected chi connectivity index (χ2v) is 10.4. The predicted octanol–water partition coefficient (Wildman–Crippen LogP) is 5.87. The fourth-order valence-corrected chi connectivity index (χ4v) is 5.82. The standard InChI is InChI=1S/C21H25.2ClH.Hf/c1-20(2,3)16-7-9-18-14(12-16)11-15-13-17(21(4,5)6)8-10-19(15)18;;;/h7-10,12H,11H2,1-6H3;2*1H;. The molecule has 0 amide bonds. The molecule has 3 heteroatoms. The van der Waals surface area contributed by atoms with Crippen LogP contribution >= 0.6 is 24.8 Å². The van der Waals surface area contributed by atoms with Crippen LogP contribution in [-0.2, 0) is 41.6 Å². The fraction of sp³-hybridized carbons (Fsp3) is 0.429. The van der Waals surface area contributed by atoms with Crippen molar-refractivity contribution in [1.82, 2.24) is 0 Å². The van der Waals surface area contributed by atoms with Gasteiger partial charge in [-0.2, -0.15) is 0 Å². The van der Waals surface area contributed by atoms with E-state index in [0.29, 0.717) is 0 Å². The monoisotopic (exact) mass is 529 g/mol. The second-order valence-electron chi connectivity index (χ2n) is 8.56. The molecule has 0 atom stereocenters. The van der Waals surface area contributed by atoms with Crippen LogP contribution in [0, 0.1) is 0 Å². The first-order chi connectivity index (χ1) is 10.1. The Labute approximate surface area is 174 Å². The van der Waals surface area contributed by atoms with Gasteiger partial charge in [0.1, 0.15) is 0 Å². The molecule has 0 radical (unpaired) electrons. The summed E-state index contributed by atoms with van der Waals surface area (Å²) in [6.45, 7) is 13.9. The van der Waals surface area contributed by atoms with Crippen molar-refractivity contribution in [2.24, 2.45) is 0 Å². The van der Waals surface area contributed by atoms with Crippen LogP contribution < -0.4 is 3.32 Å². The minimum Gasteiger partial charge on any atom is -0.147 e. The van der Waals surface area contributed by atoms with Crippen LogP contribution in [-0.4, -0.2) is 0 Å². The van der Waals surface area contributed by atoms with Crippen molar-refractivity contribution in [1.29, 1.82) is 0 Å². The number of rotatable bonds is 0. The summed E-state index contributed by atoms with van der Waals surface area (Å²) in [7, 11) is 0.